The summed E-state index contributed by atoms with van der Waals surface area (Å²) >= 11 is 0. The van der Waals surface area contributed by atoms with Gasteiger partial charge in [0.2, 0.25) is 0 Å². The highest BCUT2D eigenvalue weighted by Crippen LogP contribution is 2.36. The number of fused-ring (bicyclic) bond motifs is 10. The maximum absolute atomic E-state index is 14.4. The molecule has 0 aliphatic carbocycles. The van der Waals surface area contributed by atoms with Crippen LogP contribution in [0, 0.1) is 46.5 Å². The summed E-state index contributed by atoms with van der Waals surface area (Å²) in [5, 5.41) is 42.2. The minimum Gasteiger partial charge on any atom is -0.724 e. The number of rotatable bonds is 0. The van der Waals surface area contributed by atoms with Crippen molar-refractivity contribution in [1.29, 1.82) is 0 Å². The molecule has 0 saturated carbocycles. The normalized spacial score (nSPS) is 34.9. The first-order valence-electron chi connectivity index (χ1n) is 8.58. The lowest BCUT2D eigenvalue weighted by Gasteiger charge is -2.61. The SMILES string of the molecule is O[B@-]12O[B@-](O)(O[B@-]3(O)O[B@-](O)(O1)c1c(F)c(F)c(F)c(F)c13)c1c(F)c(F)c(F)c(F)c12. The molecule has 0 radical (unpaired) electrons. The van der Waals surface area contributed by atoms with Crippen molar-refractivity contribution in [3.8, 4) is 0 Å². The van der Waals surface area contributed by atoms with Crippen LogP contribution in [0.4, 0.5) is 35.1 Å². The monoisotopic (exact) mass is 472 g/mol. The van der Waals surface area contributed by atoms with Gasteiger partial charge in [-0.25, -0.2) is 35.1 Å². The van der Waals surface area contributed by atoms with Crippen LogP contribution in [-0.4, -0.2) is 47.1 Å². The maximum Gasteiger partial charge on any atom is 0.329 e. The molecule has 0 amide bonds. The minimum atomic E-state index is -4.93. The summed E-state index contributed by atoms with van der Waals surface area (Å²) in [6, 6.07) is 0. The van der Waals surface area contributed by atoms with E-state index >= 15 is 0 Å². The zero-order chi connectivity index (χ0) is 23.8. The molecule has 3 aliphatic heterocycles. The van der Waals surface area contributed by atoms with Gasteiger partial charge in [-0.15, -0.1) is 21.9 Å². The van der Waals surface area contributed by atoms with Gasteiger partial charge in [0, 0.05) is 0 Å². The predicted octanol–water partition coefficient (Wildman–Crippen LogP) is -2.84. The molecule has 4 bridgehead atoms. The van der Waals surface area contributed by atoms with Crippen molar-refractivity contribution in [2.45, 2.75) is 0 Å². The molecule has 0 atom stereocenters. The zero-order valence-electron chi connectivity index (χ0n) is 14.8. The van der Waals surface area contributed by atoms with Gasteiger partial charge in [-0.05, 0) is 0 Å². The first kappa shape index (κ1) is 21.7. The number of benzene rings is 2. The molecule has 3 aliphatic rings. The highest BCUT2D eigenvalue weighted by Gasteiger charge is 2.59. The van der Waals surface area contributed by atoms with E-state index in [0.29, 0.717) is 0 Å². The van der Waals surface area contributed by atoms with Crippen LogP contribution in [0.3, 0.4) is 0 Å². The molecule has 4 N–H and O–H groups in total. The maximum atomic E-state index is 14.4. The highest BCUT2D eigenvalue weighted by molar-refractivity contribution is 7.09. The van der Waals surface area contributed by atoms with Gasteiger partial charge in [0.05, 0.1) is 0 Å². The Morgan fingerprint density at radius 3 is 0.656 bits per heavy atom. The molecule has 1 saturated heterocycles. The summed E-state index contributed by atoms with van der Waals surface area (Å²) in [4.78, 5) is 0. The fourth-order valence-electron chi connectivity index (χ4n) is 4.43. The van der Waals surface area contributed by atoms with Crippen LogP contribution in [-0.2, 0) is 18.3 Å². The van der Waals surface area contributed by atoms with Crippen LogP contribution >= 0.6 is 0 Å². The summed E-state index contributed by atoms with van der Waals surface area (Å²) in [6.07, 6.45) is 0. The Morgan fingerprint density at radius 2 is 0.500 bits per heavy atom. The molecule has 0 spiro atoms. The third kappa shape index (κ3) is 2.27. The zero-order valence-corrected chi connectivity index (χ0v) is 14.8. The Balaban J connectivity index is 1.89. The molecule has 2 aromatic carbocycles. The number of halogens is 8. The van der Waals surface area contributed by atoms with Crippen LogP contribution in [0.1, 0.15) is 0 Å². The molecule has 0 unspecified atom stereocenters. The number of hydrogen-bond donors (Lipinski definition) is 4. The van der Waals surface area contributed by atoms with Crippen LogP contribution < -0.4 is 21.9 Å². The minimum absolute atomic E-state index is 1.82. The second kappa shape index (κ2) is 5.84. The lowest BCUT2D eigenvalue weighted by molar-refractivity contribution is 0.102. The largest absolute Gasteiger partial charge is 0.724 e. The van der Waals surface area contributed by atoms with E-state index in [1.165, 1.54) is 0 Å². The molecular formula is C12H4B4F8O8-4. The third-order valence-electron chi connectivity index (χ3n) is 5.62. The fraction of sp³-hybridized carbons (Fsp3) is 0. The van der Waals surface area contributed by atoms with Crippen molar-refractivity contribution in [3.05, 3.63) is 46.5 Å². The van der Waals surface area contributed by atoms with E-state index in [1.807, 2.05) is 0 Å². The average molecular weight is 471 g/mol. The topological polar surface area (TPSA) is 118 Å². The van der Waals surface area contributed by atoms with Gasteiger partial charge < -0.3 is 38.4 Å². The third-order valence-corrected chi connectivity index (χ3v) is 5.62. The molecular weight excluding hydrogens is 467 g/mol. The van der Waals surface area contributed by atoms with Crippen LogP contribution in [0.15, 0.2) is 0 Å². The quantitative estimate of drug-likeness (QED) is 0.141. The van der Waals surface area contributed by atoms with E-state index in [4.69, 9.17) is 0 Å². The molecule has 32 heavy (non-hydrogen) atoms. The van der Waals surface area contributed by atoms with Crippen LogP contribution in [0.5, 0.6) is 0 Å². The summed E-state index contributed by atoms with van der Waals surface area (Å²) in [5.41, 5.74) is -7.28. The van der Waals surface area contributed by atoms with E-state index < -0.39 is 95.4 Å². The molecule has 5 rings (SSSR count). The van der Waals surface area contributed by atoms with Crippen molar-refractivity contribution < 1.29 is 73.5 Å². The van der Waals surface area contributed by atoms with Crippen molar-refractivity contribution in [2.75, 3.05) is 0 Å². The second-order valence-corrected chi connectivity index (χ2v) is 7.40. The highest BCUT2D eigenvalue weighted by atomic mass is 19.2. The van der Waals surface area contributed by atoms with E-state index in [-0.39, 0.29) is 0 Å². The molecule has 3 heterocycles. The summed E-state index contributed by atoms with van der Waals surface area (Å²) in [6.45, 7) is -19.7. The van der Waals surface area contributed by atoms with E-state index in [0.717, 1.165) is 0 Å². The Labute approximate surface area is 169 Å². The lowest BCUT2D eigenvalue weighted by atomic mass is 9.57. The van der Waals surface area contributed by atoms with Crippen molar-refractivity contribution in [2.24, 2.45) is 0 Å². The van der Waals surface area contributed by atoms with Crippen molar-refractivity contribution >= 4 is 48.9 Å². The van der Waals surface area contributed by atoms with Gasteiger partial charge >= 0.3 is 27.0 Å². The molecule has 172 valence electrons. The van der Waals surface area contributed by atoms with Crippen LogP contribution in [0.25, 0.3) is 0 Å². The molecule has 2 aromatic rings. The first-order chi connectivity index (χ1) is 14.6. The Kier molecular flexibility index (Phi) is 3.95. The van der Waals surface area contributed by atoms with Crippen molar-refractivity contribution in [1.82, 2.24) is 0 Å². The van der Waals surface area contributed by atoms with Crippen molar-refractivity contribution in [3.63, 3.8) is 0 Å². The summed E-state index contributed by atoms with van der Waals surface area (Å²) in [5.74, 6) is -20.0. The Morgan fingerprint density at radius 1 is 0.344 bits per heavy atom. The van der Waals surface area contributed by atoms with Gasteiger partial charge in [-0.1, -0.05) is 0 Å². The first-order valence-corrected chi connectivity index (χ1v) is 8.58. The second-order valence-electron chi connectivity index (χ2n) is 7.40. The standard InChI is InChI=1S/C12H4B4F8O8/c17-5-1-2(6(18)10(22)9(5)21)14(26)29-13(1,25)31-15(27)3-4(16(28,30-15)32-14)8(20)12(24)11(23)7(3)19/h25-28H/q-4/t13-,14+,15+,16-. The van der Waals surface area contributed by atoms with Gasteiger partial charge in [-0.3, -0.25) is 0 Å². The molecule has 20 heteroatoms. The molecule has 1 fully saturated rings. The predicted molar refractivity (Wildman–Crippen MR) is 87.3 cm³/mol. The van der Waals surface area contributed by atoms with Gasteiger partial charge in [-0.2, -0.15) is 0 Å². The van der Waals surface area contributed by atoms with Gasteiger partial charge in [0.15, 0.2) is 23.3 Å². The molecule has 0 aromatic heterocycles. The fourth-order valence-corrected chi connectivity index (χ4v) is 4.43. The Hall–Kier alpha value is -2.18. The van der Waals surface area contributed by atoms with E-state index in [1.54, 1.807) is 0 Å². The molecule has 8 nitrogen and oxygen atoms in total. The van der Waals surface area contributed by atoms with Gasteiger partial charge in [0.25, 0.3) is 0 Å². The summed E-state index contributed by atoms with van der Waals surface area (Å²) in [7, 11) is 0. The number of hydrogen-bond acceptors (Lipinski definition) is 8. The van der Waals surface area contributed by atoms with E-state index in [2.05, 4.69) is 18.3 Å². The van der Waals surface area contributed by atoms with Crippen LogP contribution in [0.2, 0.25) is 0 Å². The lowest BCUT2D eigenvalue weighted by Crippen LogP contribution is -2.69. The van der Waals surface area contributed by atoms with E-state index in [9.17, 15) is 55.2 Å². The smallest absolute Gasteiger partial charge is 0.329 e. The summed E-state index contributed by atoms with van der Waals surface area (Å²) < 4.78 is 131. The Bertz CT molecular complexity index is 1090. The van der Waals surface area contributed by atoms with Gasteiger partial charge in [0.1, 0.15) is 23.3 Å². The average Bonchev–Trinajstić information content (AvgIpc) is 3.04.